The van der Waals surface area contributed by atoms with E-state index < -0.39 is 17.4 Å². The first kappa shape index (κ1) is 33.5. The minimum absolute atomic E-state index is 0.0115. The highest BCUT2D eigenvalue weighted by Gasteiger charge is 2.33. The molecule has 0 aliphatic carbocycles. The van der Waals surface area contributed by atoms with E-state index in [9.17, 15) is 18.8 Å². The topological polar surface area (TPSA) is 123 Å². The molecule has 0 aliphatic rings. The molecule has 45 heavy (non-hydrogen) atoms. The number of nitrogens with one attached hydrogen (secondary N) is 1. The van der Waals surface area contributed by atoms with Gasteiger partial charge in [0.15, 0.2) is 0 Å². The van der Waals surface area contributed by atoms with Gasteiger partial charge in [0, 0.05) is 35.5 Å². The van der Waals surface area contributed by atoms with Crippen molar-refractivity contribution in [3.05, 3.63) is 97.5 Å². The SMILES string of the molecule is CC.CCNC(=O)c1ccc(Cn2c(C(C(C)C)N(CCN)C(=O)c3ccc(C)cc3)nc3c(oc4ccc(F)cc43)c2=O)s1. The highest BCUT2D eigenvalue weighted by Crippen LogP contribution is 2.33. The van der Waals surface area contributed by atoms with Gasteiger partial charge in [-0.25, -0.2) is 9.37 Å². The van der Waals surface area contributed by atoms with Gasteiger partial charge in [-0.3, -0.25) is 19.0 Å². The molecule has 0 saturated heterocycles. The van der Waals surface area contributed by atoms with Gasteiger partial charge in [0.05, 0.1) is 17.5 Å². The van der Waals surface area contributed by atoms with Crippen LogP contribution in [0.2, 0.25) is 0 Å². The smallest absolute Gasteiger partial charge is 0.297 e. The van der Waals surface area contributed by atoms with E-state index in [1.54, 1.807) is 29.2 Å². The van der Waals surface area contributed by atoms with Gasteiger partial charge in [-0.05, 0) is 62.2 Å². The van der Waals surface area contributed by atoms with Gasteiger partial charge < -0.3 is 20.4 Å². The fourth-order valence-electron chi connectivity index (χ4n) is 5.25. The molecule has 0 bridgehead atoms. The van der Waals surface area contributed by atoms with Crippen LogP contribution in [-0.4, -0.2) is 45.9 Å². The molecule has 0 fully saturated rings. The van der Waals surface area contributed by atoms with Gasteiger partial charge in [0.25, 0.3) is 17.4 Å². The zero-order valence-electron chi connectivity index (χ0n) is 26.5. The maximum Gasteiger partial charge on any atom is 0.297 e. The summed E-state index contributed by atoms with van der Waals surface area (Å²) in [6.07, 6.45) is 0. The normalized spacial score (nSPS) is 11.8. The second kappa shape index (κ2) is 14.6. The van der Waals surface area contributed by atoms with Crippen LogP contribution in [0.15, 0.2) is 63.8 Å². The Morgan fingerprint density at radius 3 is 2.47 bits per heavy atom. The molecular formula is C34H40FN5O4S. The molecule has 1 unspecified atom stereocenters. The summed E-state index contributed by atoms with van der Waals surface area (Å²) >= 11 is 1.27. The quantitative estimate of drug-likeness (QED) is 0.187. The summed E-state index contributed by atoms with van der Waals surface area (Å²) < 4.78 is 21.7. The number of halogens is 1. The molecule has 5 rings (SSSR count). The van der Waals surface area contributed by atoms with Gasteiger partial charge in [0.1, 0.15) is 22.7 Å². The Balaban J connectivity index is 0.00000226. The molecule has 2 amide bonds. The fraction of sp³-hybridized carbons (Fsp3) is 0.353. The molecule has 1 atom stereocenters. The summed E-state index contributed by atoms with van der Waals surface area (Å²) in [5.74, 6) is -0.805. The second-order valence-electron chi connectivity index (χ2n) is 10.7. The number of benzene rings is 2. The van der Waals surface area contributed by atoms with Crippen molar-refractivity contribution >= 4 is 45.2 Å². The average Bonchev–Trinajstić information content (AvgIpc) is 3.64. The lowest BCUT2D eigenvalue weighted by Crippen LogP contribution is -2.43. The summed E-state index contributed by atoms with van der Waals surface area (Å²) in [5.41, 5.74) is 7.60. The Hall–Kier alpha value is -4.35. The van der Waals surface area contributed by atoms with Crippen LogP contribution in [0.5, 0.6) is 0 Å². The molecule has 5 aromatic rings. The zero-order valence-corrected chi connectivity index (χ0v) is 27.3. The number of carbonyl (C=O) groups excluding carboxylic acids is 2. The van der Waals surface area contributed by atoms with Crippen molar-refractivity contribution in [3.8, 4) is 0 Å². The number of aryl methyl sites for hydroxylation is 1. The highest BCUT2D eigenvalue weighted by molar-refractivity contribution is 7.14. The Bertz CT molecular complexity index is 1860. The third-order valence-corrected chi connectivity index (χ3v) is 8.33. The number of aromatic nitrogens is 2. The first-order valence-corrected chi connectivity index (χ1v) is 16.0. The third kappa shape index (κ3) is 6.99. The van der Waals surface area contributed by atoms with Gasteiger partial charge >= 0.3 is 0 Å². The van der Waals surface area contributed by atoms with E-state index in [4.69, 9.17) is 15.1 Å². The van der Waals surface area contributed by atoms with Crippen molar-refractivity contribution in [2.75, 3.05) is 19.6 Å². The molecule has 3 aromatic heterocycles. The van der Waals surface area contributed by atoms with Crippen LogP contribution >= 0.6 is 11.3 Å². The van der Waals surface area contributed by atoms with E-state index in [0.717, 1.165) is 10.4 Å². The summed E-state index contributed by atoms with van der Waals surface area (Å²) in [6, 6.07) is 14.1. The largest absolute Gasteiger partial charge is 0.448 e. The summed E-state index contributed by atoms with van der Waals surface area (Å²) in [5, 5.41) is 3.16. The van der Waals surface area contributed by atoms with E-state index >= 15 is 0 Å². The predicted octanol–water partition coefficient (Wildman–Crippen LogP) is 6.27. The van der Waals surface area contributed by atoms with Crippen LogP contribution in [0.4, 0.5) is 4.39 Å². The minimum Gasteiger partial charge on any atom is -0.448 e. The van der Waals surface area contributed by atoms with Gasteiger partial charge in [-0.15, -0.1) is 11.3 Å². The number of hydrogen-bond donors (Lipinski definition) is 2. The molecule has 0 aliphatic heterocycles. The van der Waals surface area contributed by atoms with Crippen LogP contribution < -0.4 is 16.6 Å². The van der Waals surface area contributed by atoms with Crippen molar-refractivity contribution in [1.29, 1.82) is 0 Å². The van der Waals surface area contributed by atoms with Gasteiger partial charge in [0.2, 0.25) is 5.58 Å². The molecular weight excluding hydrogens is 593 g/mol. The van der Waals surface area contributed by atoms with Crippen molar-refractivity contribution in [2.45, 2.75) is 54.1 Å². The highest BCUT2D eigenvalue weighted by atomic mass is 32.1. The molecule has 2 aromatic carbocycles. The number of hydrogen-bond acceptors (Lipinski definition) is 7. The lowest BCUT2D eigenvalue weighted by Gasteiger charge is -2.35. The van der Waals surface area contributed by atoms with Gasteiger partial charge in [-0.1, -0.05) is 45.4 Å². The summed E-state index contributed by atoms with van der Waals surface area (Å²) in [4.78, 5) is 48.4. The molecule has 3 N–H and O–H groups in total. The Morgan fingerprint density at radius 1 is 1.11 bits per heavy atom. The molecule has 0 spiro atoms. The molecule has 11 heteroatoms. The molecule has 3 heterocycles. The van der Waals surface area contributed by atoms with Crippen molar-refractivity contribution in [1.82, 2.24) is 19.8 Å². The van der Waals surface area contributed by atoms with E-state index in [-0.39, 0.29) is 48.5 Å². The van der Waals surface area contributed by atoms with Crippen LogP contribution in [0.1, 0.15) is 77.0 Å². The van der Waals surface area contributed by atoms with E-state index in [2.05, 4.69) is 5.32 Å². The molecule has 9 nitrogen and oxygen atoms in total. The maximum atomic E-state index is 14.3. The Kier molecular flexibility index (Phi) is 10.9. The number of thiophene rings is 1. The maximum absolute atomic E-state index is 14.3. The Labute approximate surface area is 265 Å². The monoisotopic (exact) mass is 633 g/mol. The molecule has 238 valence electrons. The number of nitrogens with zero attached hydrogens (tertiary/aromatic N) is 3. The van der Waals surface area contributed by atoms with E-state index in [0.29, 0.717) is 33.8 Å². The average molecular weight is 634 g/mol. The van der Waals surface area contributed by atoms with Crippen molar-refractivity contribution in [3.63, 3.8) is 0 Å². The first-order chi connectivity index (χ1) is 21.6. The van der Waals surface area contributed by atoms with E-state index in [1.165, 1.54) is 34.1 Å². The molecule has 0 radical (unpaired) electrons. The first-order valence-electron chi connectivity index (χ1n) is 15.2. The number of fused-ring (bicyclic) bond motifs is 3. The zero-order chi connectivity index (χ0) is 32.8. The fourth-order valence-corrected chi connectivity index (χ4v) is 6.16. The number of nitrogens with two attached hydrogens (primary N) is 1. The lowest BCUT2D eigenvalue weighted by molar-refractivity contribution is 0.0612. The lowest BCUT2D eigenvalue weighted by atomic mass is 9.99. The van der Waals surface area contributed by atoms with Crippen molar-refractivity contribution < 1.29 is 18.4 Å². The van der Waals surface area contributed by atoms with Crippen LogP contribution in [-0.2, 0) is 6.54 Å². The summed E-state index contributed by atoms with van der Waals surface area (Å²) in [6.45, 7) is 12.7. The Morgan fingerprint density at radius 2 is 1.82 bits per heavy atom. The van der Waals surface area contributed by atoms with Crippen LogP contribution in [0.3, 0.4) is 0 Å². The van der Waals surface area contributed by atoms with Gasteiger partial charge in [-0.2, -0.15) is 0 Å². The number of amides is 2. The minimum atomic E-state index is -0.671. The van der Waals surface area contributed by atoms with E-state index in [1.807, 2.05) is 53.7 Å². The standard InChI is InChI=1S/C32H34FN5O4S.C2H6/c1-5-35-30(39)25-13-11-22(43-25)17-38-29(36-26-23-16-21(33)10-12-24(23)42-28(26)32(38)41)27(18(2)3)37(15-14-34)31(40)20-8-6-19(4)7-9-20;1-2/h6-13,16,18,27H,5,14-15,17,34H2,1-4H3,(H,35,39);1-2H3. The molecule has 0 saturated carbocycles. The number of carbonyl (C=O) groups is 2. The van der Waals surface area contributed by atoms with Crippen molar-refractivity contribution in [2.24, 2.45) is 11.7 Å². The number of furan rings is 1. The second-order valence-corrected chi connectivity index (χ2v) is 11.9. The summed E-state index contributed by atoms with van der Waals surface area (Å²) in [7, 11) is 0. The third-order valence-electron chi connectivity index (χ3n) is 7.26. The number of rotatable bonds is 10. The van der Waals surface area contributed by atoms with Crippen LogP contribution in [0, 0.1) is 18.7 Å². The predicted molar refractivity (Wildman–Crippen MR) is 177 cm³/mol. The van der Waals surface area contributed by atoms with Crippen LogP contribution in [0.25, 0.3) is 22.1 Å².